The predicted molar refractivity (Wildman–Crippen MR) is 83.8 cm³/mol. The number of hydrogen-bond donors (Lipinski definition) is 1. The molecule has 2 atom stereocenters. The first-order valence-electron chi connectivity index (χ1n) is 7.68. The highest BCUT2D eigenvalue weighted by Crippen LogP contribution is 2.25. The molecule has 0 spiro atoms. The Morgan fingerprint density at radius 3 is 2.50 bits per heavy atom. The highest BCUT2D eigenvalue weighted by Gasteiger charge is 2.24. The fourth-order valence-corrected chi connectivity index (χ4v) is 3.11. The van der Waals surface area contributed by atoms with Gasteiger partial charge in [0.1, 0.15) is 0 Å². The van der Waals surface area contributed by atoms with Gasteiger partial charge in [-0.3, -0.25) is 0 Å². The molecule has 0 aromatic heterocycles. The lowest BCUT2D eigenvalue weighted by Gasteiger charge is -2.13. The van der Waals surface area contributed by atoms with Gasteiger partial charge in [-0.1, -0.05) is 42.5 Å². The Balaban J connectivity index is 1.57. The van der Waals surface area contributed by atoms with Gasteiger partial charge in [0, 0.05) is 0 Å². The first-order chi connectivity index (χ1) is 9.85. The zero-order chi connectivity index (χ0) is 13.8. The molecular formula is C18H23NO. The molecule has 2 nitrogen and oxygen atoms in total. The SMILES string of the molecule is NCCC1CCC(CCc2ccc3ccccc3c2)O1. The van der Waals surface area contributed by atoms with Crippen molar-refractivity contribution in [2.75, 3.05) is 6.54 Å². The van der Waals surface area contributed by atoms with Gasteiger partial charge in [-0.05, 0) is 55.0 Å². The van der Waals surface area contributed by atoms with Gasteiger partial charge in [0.05, 0.1) is 12.2 Å². The van der Waals surface area contributed by atoms with Gasteiger partial charge in [-0.25, -0.2) is 0 Å². The maximum Gasteiger partial charge on any atom is 0.0591 e. The third-order valence-corrected chi connectivity index (χ3v) is 4.25. The third kappa shape index (κ3) is 3.20. The highest BCUT2D eigenvalue weighted by molar-refractivity contribution is 5.82. The summed E-state index contributed by atoms with van der Waals surface area (Å²) in [6.07, 6.45) is 6.44. The fourth-order valence-electron chi connectivity index (χ4n) is 3.11. The highest BCUT2D eigenvalue weighted by atomic mass is 16.5. The number of hydrogen-bond acceptors (Lipinski definition) is 2. The second-order valence-corrected chi connectivity index (χ2v) is 5.75. The molecule has 1 saturated heterocycles. The van der Waals surface area contributed by atoms with E-state index in [-0.39, 0.29) is 0 Å². The van der Waals surface area contributed by atoms with E-state index in [2.05, 4.69) is 42.5 Å². The predicted octanol–water partition coefficient (Wildman–Crippen LogP) is 3.67. The molecule has 0 saturated carbocycles. The lowest BCUT2D eigenvalue weighted by molar-refractivity contribution is 0.0378. The van der Waals surface area contributed by atoms with Crippen LogP contribution in [0.25, 0.3) is 10.8 Å². The lowest BCUT2D eigenvalue weighted by atomic mass is 10.0. The van der Waals surface area contributed by atoms with Crippen LogP contribution in [-0.2, 0) is 11.2 Å². The Labute approximate surface area is 120 Å². The Bertz CT molecular complexity index is 566. The lowest BCUT2D eigenvalue weighted by Crippen LogP contribution is -2.15. The van der Waals surface area contributed by atoms with Crippen molar-refractivity contribution < 1.29 is 4.74 Å². The van der Waals surface area contributed by atoms with Crippen LogP contribution < -0.4 is 5.73 Å². The molecule has 1 fully saturated rings. The molecule has 2 aromatic rings. The fraction of sp³-hybridized carbons (Fsp3) is 0.444. The quantitative estimate of drug-likeness (QED) is 0.899. The molecule has 0 amide bonds. The monoisotopic (exact) mass is 269 g/mol. The standard InChI is InChI=1S/C18H23NO/c19-12-11-18-10-9-17(20-18)8-6-14-5-7-15-3-1-2-4-16(15)13-14/h1-5,7,13,17-18H,6,8-12,19H2. The van der Waals surface area contributed by atoms with Gasteiger partial charge in [0.25, 0.3) is 0 Å². The van der Waals surface area contributed by atoms with Crippen LogP contribution in [0.5, 0.6) is 0 Å². The molecule has 1 heterocycles. The van der Waals surface area contributed by atoms with E-state index in [1.165, 1.54) is 29.2 Å². The smallest absolute Gasteiger partial charge is 0.0591 e. The summed E-state index contributed by atoms with van der Waals surface area (Å²) in [7, 11) is 0. The van der Waals surface area contributed by atoms with Crippen molar-refractivity contribution in [3.63, 3.8) is 0 Å². The Morgan fingerprint density at radius 1 is 0.950 bits per heavy atom. The minimum Gasteiger partial charge on any atom is -0.375 e. The molecule has 20 heavy (non-hydrogen) atoms. The van der Waals surface area contributed by atoms with E-state index in [1.807, 2.05) is 0 Å². The van der Waals surface area contributed by atoms with Crippen LogP contribution in [0.1, 0.15) is 31.2 Å². The number of ether oxygens (including phenoxy) is 1. The Hall–Kier alpha value is -1.38. The molecule has 2 unspecified atom stereocenters. The van der Waals surface area contributed by atoms with E-state index < -0.39 is 0 Å². The van der Waals surface area contributed by atoms with Crippen molar-refractivity contribution in [1.82, 2.24) is 0 Å². The van der Waals surface area contributed by atoms with Crippen LogP contribution in [-0.4, -0.2) is 18.8 Å². The van der Waals surface area contributed by atoms with E-state index in [0.717, 1.165) is 25.8 Å². The van der Waals surface area contributed by atoms with Crippen LogP contribution in [0.3, 0.4) is 0 Å². The summed E-state index contributed by atoms with van der Waals surface area (Å²) in [6, 6.07) is 15.3. The van der Waals surface area contributed by atoms with Crippen molar-refractivity contribution in [2.24, 2.45) is 5.73 Å². The summed E-state index contributed by atoms with van der Waals surface area (Å²) in [5.41, 5.74) is 7.00. The summed E-state index contributed by atoms with van der Waals surface area (Å²) in [6.45, 7) is 0.738. The third-order valence-electron chi connectivity index (χ3n) is 4.25. The average molecular weight is 269 g/mol. The molecule has 1 aliphatic rings. The van der Waals surface area contributed by atoms with Crippen molar-refractivity contribution in [1.29, 1.82) is 0 Å². The maximum atomic E-state index is 6.03. The minimum absolute atomic E-state index is 0.404. The van der Waals surface area contributed by atoms with Crippen LogP contribution in [0.4, 0.5) is 0 Å². The average Bonchev–Trinajstić information content (AvgIpc) is 2.93. The summed E-state index contributed by atoms with van der Waals surface area (Å²) < 4.78 is 6.03. The zero-order valence-corrected chi connectivity index (χ0v) is 11.9. The summed E-state index contributed by atoms with van der Waals surface area (Å²) in [5, 5.41) is 2.65. The molecule has 0 radical (unpaired) electrons. The first-order valence-corrected chi connectivity index (χ1v) is 7.68. The van der Waals surface area contributed by atoms with E-state index in [9.17, 15) is 0 Å². The van der Waals surface area contributed by atoms with Crippen LogP contribution in [0.15, 0.2) is 42.5 Å². The second-order valence-electron chi connectivity index (χ2n) is 5.75. The number of nitrogens with two attached hydrogens (primary N) is 1. The van der Waals surface area contributed by atoms with E-state index in [4.69, 9.17) is 10.5 Å². The van der Waals surface area contributed by atoms with E-state index in [0.29, 0.717) is 12.2 Å². The molecule has 0 aliphatic carbocycles. The molecule has 2 aromatic carbocycles. The van der Waals surface area contributed by atoms with Gasteiger partial charge >= 0.3 is 0 Å². The summed E-state index contributed by atoms with van der Waals surface area (Å²) >= 11 is 0. The molecule has 106 valence electrons. The normalized spacial score (nSPS) is 22.4. The number of aryl methyl sites for hydroxylation is 1. The summed E-state index contributed by atoms with van der Waals surface area (Å²) in [4.78, 5) is 0. The van der Waals surface area contributed by atoms with Crippen LogP contribution in [0, 0.1) is 0 Å². The first kappa shape index (κ1) is 13.6. The largest absolute Gasteiger partial charge is 0.375 e. The molecule has 0 bridgehead atoms. The number of fused-ring (bicyclic) bond motifs is 1. The minimum atomic E-state index is 0.404. The molecule has 2 N–H and O–H groups in total. The molecule has 3 rings (SSSR count). The molecule has 2 heteroatoms. The topological polar surface area (TPSA) is 35.2 Å². The van der Waals surface area contributed by atoms with Gasteiger partial charge in [-0.15, -0.1) is 0 Å². The Morgan fingerprint density at radius 2 is 1.70 bits per heavy atom. The second kappa shape index (κ2) is 6.38. The van der Waals surface area contributed by atoms with Gasteiger partial charge < -0.3 is 10.5 Å². The van der Waals surface area contributed by atoms with Crippen molar-refractivity contribution in [3.05, 3.63) is 48.0 Å². The van der Waals surface area contributed by atoms with Gasteiger partial charge in [-0.2, -0.15) is 0 Å². The molecular weight excluding hydrogens is 246 g/mol. The maximum absolute atomic E-state index is 6.03. The van der Waals surface area contributed by atoms with Crippen molar-refractivity contribution in [2.45, 2.75) is 44.3 Å². The van der Waals surface area contributed by atoms with Gasteiger partial charge in [0.2, 0.25) is 0 Å². The Kier molecular flexibility index (Phi) is 4.34. The zero-order valence-electron chi connectivity index (χ0n) is 11.9. The number of benzene rings is 2. The van der Waals surface area contributed by atoms with E-state index >= 15 is 0 Å². The van der Waals surface area contributed by atoms with E-state index in [1.54, 1.807) is 0 Å². The van der Waals surface area contributed by atoms with Gasteiger partial charge in [0.15, 0.2) is 0 Å². The summed E-state index contributed by atoms with van der Waals surface area (Å²) in [5.74, 6) is 0. The van der Waals surface area contributed by atoms with Crippen molar-refractivity contribution in [3.8, 4) is 0 Å². The molecule has 1 aliphatic heterocycles. The number of rotatable bonds is 5. The van der Waals surface area contributed by atoms with Crippen LogP contribution >= 0.6 is 0 Å². The van der Waals surface area contributed by atoms with Crippen LogP contribution in [0.2, 0.25) is 0 Å². The van der Waals surface area contributed by atoms with Crippen molar-refractivity contribution >= 4 is 10.8 Å².